The van der Waals surface area contributed by atoms with Gasteiger partial charge in [0.05, 0.1) is 0 Å². The lowest BCUT2D eigenvalue weighted by Crippen LogP contribution is -2.40. The molecule has 1 aromatic heterocycles. The highest BCUT2D eigenvalue weighted by molar-refractivity contribution is 5.15. The summed E-state index contributed by atoms with van der Waals surface area (Å²) >= 11 is 0. The molecule has 0 spiro atoms. The van der Waals surface area contributed by atoms with Gasteiger partial charge in [0.25, 0.3) is 0 Å². The third-order valence-electron chi connectivity index (χ3n) is 5.23. The molecule has 2 heteroatoms. The number of nitrogens with zero attached hydrogens (tertiary/aromatic N) is 1. The molecule has 1 aliphatic rings. The third kappa shape index (κ3) is 4.81. The van der Waals surface area contributed by atoms with Crippen LogP contribution in [0.5, 0.6) is 0 Å². The summed E-state index contributed by atoms with van der Waals surface area (Å²) < 4.78 is 0. The Hall–Kier alpha value is -0.890. The van der Waals surface area contributed by atoms with E-state index >= 15 is 0 Å². The van der Waals surface area contributed by atoms with Crippen molar-refractivity contribution in [3.05, 3.63) is 29.6 Å². The van der Waals surface area contributed by atoms with Gasteiger partial charge in [0.2, 0.25) is 0 Å². The molecule has 0 bridgehead atoms. The summed E-state index contributed by atoms with van der Waals surface area (Å²) in [6.07, 6.45) is 11.2. The Labute approximate surface area is 130 Å². The van der Waals surface area contributed by atoms with E-state index in [4.69, 9.17) is 0 Å². The van der Waals surface area contributed by atoms with E-state index < -0.39 is 0 Å². The van der Waals surface area contributed by atoms with Crippen LogP contribution in [0.3, 0.4) is 0 Å². The Morgan fingerprint density at radius 3 is 2.43 bits per heavy atom. The summed E-state index contributed by atoms with van der Waals surface area (Å²) in [5, 5.41) is 3.72. The molecule has 1 N–H and O–H groups in total. The third-order valence-corrected chi connectivity index (χ3v) is 5.23. The molecule has 0 saturated heterocycles. The van der Waals surface area contributed by atoms with E-state index in [1.807, 2.05) is 6.20 Å². The molecular weight excluding hydrogens is 256 g/mol. The van der Waals surface area contributed by atoms with Crippen molar-refractivity contribution in [2.24, 2.45) is 11.8 Å². The summed E-state index contributed by atoms with van der Waals surface area (Å²) in [4.78, 5) is 4.66. The van der Waals surface area contributed by atoms with Crippen LogP contribution in [-0.2, 0) is 12.8 Å². The van der Waals surface area contributed by atoms with Crippen molar-refractivity contribution in [2.45, 2.75) is 71.8 Å². The molecule has 1 atom stereocenters. The monoisotopic (exact) mass is 288 g/mol. The number of aromatic nitrogens is 1. The molecule has 2 rings (SSSR count). The van der Waals surface area contributed by atoms with Gasteiger partial charge in [0.15, 0.2) is 0 Å². The first-order chi connectivity index (χ1) is 10.3. The smallest absolute Gasteiger partial charge is 0.0419 e. The summed E-state index contributed by atoms with van der Waals surface area (Å²) in [5.74, 6) is 1.81. The predicted molar refractivity (Wildman–Crippen MR) is 90.5 cm³/mol. The van der Waals surface area contributed by atoms with Crippen molar-refractivity contribution in [1.82, 2.24) is 10.3 Å². The van der Waals surface area contributed by atoms with E-state index in [1.54, 1.807) is 0 Å². The molecular formula is C19H32N2. The number of nitrogens with one attached hydrogen (secondary N) is 1. The van der Waals surface area contributed by atoms with E-state index in [9.17, 15) is 0 Å². The Bertz CT molecular complexity index is 391. The van der Waals surface area contributed by atoms with E-state index in [1.165, 1.54) is 43.4 Å². The summed E-state index contributed by atoms with van der Waals surface area (Å²) in [6, 6.07) is 5.06. The van der Waals surface area contributed by atoms with Gasteiger partial charge in [-0.2, -0.15) is 0 Å². The van der Waals surface area contributed by atoms with Gasteiger partial charge in [-0.05, 0) is 49.3 Å². The second-order valence-corrected chi connectivity index (χ2v) is 6.57. The average molecular weight is 288 g/mol. The van der Waals surface area contributed by atoms with Crippen LogP contribution >= 0.6 is 0 Å². The van der Waals surface area contributed by atoms with Crippen LogP contribution in [0, 0.1) is 11.8 Å². The highest BCUT2D eigenvalue weighted by Gasteiger charge is 2.26. The Balaban J connectivity index is 1.94. The Morgan fingerprint density at radius 1 is 1.14 bits per heavy atom. The lowest BCUT2D eigenvalue weighted by Gasteiger charge is -2.34. The van der Waals surface area contributed by atoms with Gasteiger partial charge in [-0.1, -0.05) is 46.1 Å². The number of aryl methyl sites for hydroxylation is 1. The minimum absolute atomic E-state index is 0.604. The van der Waals surface area contributed by atoms with Crippen LogP contribution in [0.4, 0.5) is 0 Å². The number of hydrogen-bond donors (Lipinski definition) is 1. The predicted octanol–water partition coefficient (Wildman–Crippen LogP) is 4.38. The summed E-state index contributed by atoms with van der Waals surface area (Å²) in [5.41, 5.74) is 2.58. The van der Waals surface area contributed by atoms with E-state index in [-0.39, 0.29) is 0 Å². The number of rotatable bonds is 7. The highest BCUT2D eigenvalue weighted by atomic mass is 14.9. The van der Waals surface area contributed by atoms with Gasteiger partial charge < -0.3 is 5.32 Å². The van der Waals surface area contributed by atoms with Crippen molar-refractivity contribution < 1.29 is 0 Å². The molecule has 0 aliphatic heterocycles. The lowest BCUT2D eigenvalue weighted by atomic mass is 9.76. The molecule has 1 fully saturated rings. The van der Waals surface area contributed by atoms with Gasteiger partial charge in [0.1, 0.15) is 0 Å². The maximum Gasteiger partial charge on any atom is 0.0419 e. The first-order valence-electron chi connectivity index (χ1n) is 8.93. The number of hydrogen-bond acceptors (Lipinski definition) is 2. The Morgan fingerprint density at radius 2 is 1.90 bits per heavy atom. The fraction of sp³-hybridized carbons (Fsp3) is 0.737. The second kappa shape index (κ2) is 8.53. The Kier molecular flexibility index (Phi) is 6.69. The van der Waals surface area contributed by atoms with Gasteiger partial charge in [-0.25, -0.2) is 0 Å². The molecule has 2 nitrogen and oxygen atoms in total. The SMILES string of the molecule is CCNC(Cc1ccc(CC)cn1)C1CCC(CC)CC1. The molecule has 0 aromatic carbocycles. The van der Waals surface area contributed by atoms with Crippen molar-refractivity contribution in [2.75, 3.05) is 6.54 Å². The fourth-order valence-electron chi connectivity index (χ4n) is 3.68. The zero-order chi connectivity index (χ0) is 15.1. The molecule has 0 amide bonds. The molecule has 1 aliphatic carbocycles. The summed E-state index contributed by atoms with van der Waals surface area (Å²) in [7, 11) is 0. The number of pyridine rings is 1. The second-order valence-electron chi connectivity index (χ2n) is 6.57. The molecule has 118 valence electrons. The average Bonchev–Trinajstić information content (AvgIpc) is 2.55. The topological polar surface area (TPSA) is 24.9 Å². The largest absolute Gasteiger partial charge is 0.314 e. The molecule has 1 saturated carbocycles. The van der Waals surface area contributed by atoms with Crippen LogP contribution in [0.15, 0.2) is 18.3 Å². The molecule has 21 heavy (non-hydrogen) atoms. The van der Waals surface area contributed by atoms with E-state index in [2.05, 4.69) is 43.2 Å². The maximum atomic E-state index is 4.66. The molecule has 1 heterocycles. The fourth-order valence-corrected chi connectivity index (χ4v) is 3.68. The molecule has 1 aromatic rings. The van der Waals surface area contributed by atoms with Crippen LogP contribution < -0.4 is 5.32 Å². The highest BCUT2D eigenvalue weighted by Crippen LogP contribution is 2.33. The van der Waals surface area contributed by atoms with Gasteiger partial charge in [-0.15, -0.1) is 0 Å². The van der Waals surface area contributed by atoms with Crippen LogP contribution in [0.2, 0.25) is 0 Å². The minimum atomic E-state index is 0.604. The zero-order valence-corrected chi connectivity index (χ0v) is 14.1. The van der Waals surface area contributed by atoms with Crippen molar-refractivity contribution in [3.63, 3.8) is 0 Å². The van der Waals surface area contributed by atoms with E-state index in [0.29, 0.717) is 6.04 Å². The zero-order valence-electron chi connectivity index (χ0n) is 14.1. The van der Waals surface area contributed by atoms with Gasteiger partial charge >= 0.3 is 0 Å². The van der Waals surface area contributed by atoms with E-state index in [0.717, 1.165) is 31.2 Å². The number of likely N-dealkylation sites (N-methyl/N-ethyl adjacent to an activating group) is 1. The van der Waals surface area contributed by atoms with Crippen LogP contribution in [-0.4, -0.2) is 17.6 Å². The lowest BCUT2D eigenvalue weighted by molar-refractivity contribution is 0.217. The standard InChI is InChI=1S/C19H32N2/c1-4-15-7-10-17(11-8-15)19(20-6-3)13-18-12-9-16(5-2)14-21-18/h9,12,14-15,17,19-20H,4-8,10-11,13H2,1-3H3. The first-order valence-corrected chi connectivity index (χ1v) is 8.93. The quantitative estimate of drug-likeness (QED) is 0.805. The van der Waals surface area contributed by atoms with Gasteiger partial charge in [-0.3, -0.25) is 4.98 Å². The van der Waals surface area contributed by atoms with Crippen LogP contribution in [0.25, 0.3) is 0 Å². The van der Waals surface area contributed by atoms with Gasteiger partial charge in [0, 0.05) is 24.4 Å². The van der Waals surface area contributed by atoms with Crippen molar-refractivity contribution in [1.29, 1.82) is 0 Å². The van der Waals surface area contributed by atoms with Crippen molar-refractivity contribution in [3.8, 4) is 0 Å². The summed E-state index contributed by atoms with van der Waals surface area (Å²) in [6.45, 7) is 7.81. The maximum absolute atomic E-state index is 4.66. The molecule has 0 radical (unpaired) electrons. The normalized spacial score (nSPS) is 24.0. The van der Waals surface area contributed by atoms with Crippen molar-refractivity contribution >= 4 is 0 Å². The molecule has 1 unspecified atom stereocenters. The minimum Gasteiger partial charge on any atom is -0.314 e. The van der Waals surface area contributed by atoms with Crippen LogP contribution in [0.1, 0.15) is 64.1 Å². The first kappa shape index (κ1) is 16.5.